The Morgan fingerprint density at radius 2 is 1.61 bits per heavy atom. The van der Waals surface area contributed by atoms with Crippen LogP contribution < -0.4 is 5.32 Å². The molecular formula is C21H43NO. The van der Waals surface area contributed by atoms with Crippen molar-refractivity contribution in [3.8, 4) is 0 Å². The van der Waals surface area contributed by atoms with Crippen molar-refractivity contribution >= 4 is 0 Å². The first-order valence-corrected chi connectivity index (χ1v) is 10.5. The highest BCUT2D eigenvalue weighted by molar-refractivity contribution is 4.83. The van der Waals surface area contributed by atoms with Gasteiger partial charge in [0.25, 0.3) is 0 Å². The average molecular weight is 326 g/mol. The second kappa shape index (κ2) is 12.3. The van der Waals surface area contributed by atoms with Gasteiger partial charge in [-0.2, -0.15) is 0 Å². The molecule has 0 amide bonds. The Morgan fingerprint density at radius 3 is 2.26 bits per heavy atom. The summed E-state index contributed by atoms with van der Waals surface area (Å²) in [5.41, 5.74) is 0.0300. The molecule has 0 aromatic rings. The molecule has 0 spiro atoms. The molecule has 2 atom stereocenters. The smallest absolute Gasteiger partial charge is 0.0707 e. The third-order valence-electron chi connectivity index (χ3n) is 5.52. The molecule has 0 radical (unpaired) electrons. The third kappa shape index (κ3) is 9.10. The number of piperidine rings is 1. The molecule has 1 rings (SSSR count). The molecular weight excluding hydrogens is 282 g/mol. The van der Waals surface area contributed by atoms with Crippen LogP contribution in [0.1, 0.15) is 105 Å². The molecule has 2 unspecified atom stereocenters. The van der Waals surface area contributed by atoms with Gasteiger partial charge in [-0.1, -0.05) is 65.2 Å². The van der Waals surface area contributed by atoms with Gasteiger partial charge in [0.05, 0.1) is 11.7 Å². The molecule has 1 N–H and O–H groups in total. The molecule has 23 heavy (non-hydrogen) atoms. The van der Waals surface area contributed by atoms with Gasteiger partial charge in [0.2, 0.25) is 0 Å². The first kappa shape index (κ1) is 21.0. The molecule has 0 aliphatic carbocycles. The lowest BCUT2D eigenvalue weighted by Gasteiger charge is -2.39. The molecule has 1 aliphatic heterocycles. The van der Waals surface area contributed by atoms with Crippen molar-refractivity contribution in [2.75, 3.05) is 13.1 Å². The zero-order valence-corrected chi connectivity index (χ0v) is 16.5. The molecule has 2 heteroatoms. The second-order valence-corrected chi connectivity index (χ2v) is 8.09. The van der Waals surface area contributed by atoms with E-state index in [9.17, 15) is 0 Å². The summed E-state index contributed by atoms with van der Waals surface area (Å²) in [5.74, 6) is 0.718. The first-order chi connectivity index (χ1) is 11.1. The molecule has 1 aliphatic rings. The lowest BCUT2D eigenvalue weighted by Crippen LogP contribution is -2.44. The van der Waals surface area contributed by atoms with Crippen LogP contribution in [-0.4, -0.2) is 24.8 Å². The van der Waals surface area contributed by atoms with Crippen LogP contribution in [0, 0.1) is 5.92 Å². The van der Waals surface area contributed by atoms with Gasteiger partial charge in [0, 0.05) is 6.54 Å². The van der Waals surface area contributed by atoms with E-state index in [1.54, 1.807) is 0 Å². The minimum atomic E-state index is 0.0300. The Balaban J connectivity index is 2.39. The Labute approximate surface area is 146 Å². The fourth-order valence-electron chi connectivity index (χ4n) is 3.91. The summed E-state index contributed by atoms with van der Waals surface area (Å²) in [6.07, 6.45) is 16.6. The summed E-state index contributed by atoms with van der Waals surface area (Å²) in [7, 11) is 0. The molecule has 1 heterocycles. The lowest BCUT2D eigenvalue weighted by molar-refractivity contribution is -0.115. The van der Waals surface area contributed by atoms with Crippen molar-refractivity contribution in [3.05, 3.63) is 0 Å². The van der Waals surface area contributed by atoms with E-state index in [1.807, 2.05) is 0 Å². The molecule has 0 saturated carbocycles. The van der Waals surface area contributed by atoms with Crippen LogP contribution in [0.25, 0.3) is 0 Å². The number of rotatable bonds is 13. The average Bonchev–Trinajstić information content (AvgIpc) is 2.53. The summed E-state index contributed by atoms with van der Waals surface area (Å²) in [4.78, 5) is 0. The zero-order valence-electron chi connectivity index (χ0n) is 16.5. The quantitative estimate of drug-likeness (QED) is 0.414. The Hall–Kier alpha value is -0.0800. The molecule has 0 aromatic carbocycles. The van der Waals surface area contributed by atoms with E-state index in [1.165, 1.54) is 77.0 Å². The minimum absolute atomic E-state index is 0.0300. The summed E-state index contributed by atoms with van der Waals surface area (Å²) >= 11 is 0. The van der Waals surface area contributed by atoms with Gasteiger partial charge in [-0.05, 0) is 52.0 Å². The fraction of sp³-hybridized carbons (Fsp3) is 1.00. The lowest BCUT2D eigenvalue weighted by atomic mass is 9.82. The van der Waals surface area contributed by atoms with Gasteiger partial charge in [-0.3, -0.25) is 0 Å². The van der Waals surface area contributed by atoms with E-state index < -0.39 is 0 Å². The predicted molar refractivity (Wildman–Crippen MR) is 102 cm³/mol. The van der Waals surface area contributed by atoms with Crippen LogP contribution in [0.15, 0.2) is 0 Å². The van der Waals surface area contributed by atoms with Crippen molar-refractivity contribution in [3.63, 3.8) is 0 Å². The summed E-state index contributed by atoms with van der Waals surface area (Å²) in [5, 5.41) is 3.49. The standard InChI is InChI=1S/C21H43NO/c1-5-7-9-10-11-12-15-19(14-8-6-2)21(3,4)23-20-16-13-17-22-18-20/h19-20,22H,5-18H2,1-4H3. The number of hydrogen-bond donors (Lipinski definition) is 1. The van der Waals surface area contributed by atoms with Crippen LogP contribution in [0.3, 0.4) is 0 Å². The van der Waals surface area contributed by atoms with Gasteiger partial charge < -0.3 is 10.1 Å². The molecule has 138 valence electrons. The van der Waals surface area contributed by atoms with Crippen molar-refractivity contribution in [2.45, 2.75) is 116 Å². The van der Waals surface area contributed by atoms with E-state index in [0.29, 0.717) is 6.10 Å². The Kier molecular flexibility index (Phi) is 11.2. The van der Waals surface area contributed by atoms with Crippen LogP contribution in [0.4, 0.5) is 0 Å². The van der Waals surface area contributed by atoms with E-state index in [-0.39, 0.29) is 5.60 Å². The fourth-order valence-corrected chi connectivity index (χ4v) is 3.91. The van der Waals surface area contributed by atoms with E-state index in [0.717, 1.165) is 19.0 Å². The maximum atomic E-state index is 6.57. The van der Waals surface area contributed by atoms with Crippen molar-refractivity contribution < 1.29 is 4.74 Å². The van der Waals surface area contributed by atoms with Crippen molar-refractivity contribution in [1.82, 2.24) is 5.32 Å². The topological polar surface area (TPSA) is 21.3 Å². The van der Waals surface area contributed by atoms with Gasteiger partial charge in [-0.25, -0.2) is 0 Å². The SMILES string of the molecule is CCCCCCCCC(CCCC)C(C)(C)OC1CCCNC1. The number of ether oxygens (including phenoxy) is 1. The van der Waals surface area contributed by atoms with Crippen LogP contribution in [0.2, 0.25) is 0 Å². The highest BCUT2D eigenvalue weighted by Crippen LogP contribution is 2.33. The maximum absolute atomic E-state index is 6.57. The van der Waals surface area contributed by atoms with Crippen LogP contribution >= 0.6 is 0 Å². The highest BCUT2D eigenvalue weighted by atomic mass is 16.5. The zero-order chi connectivity index (χ0) is 17.0. The van der Waals surface area contributed by atoms with Crippen molar-refractivity contribution in [2.24, 2.45) is 5.92 Å². The summed E-state index contributed by atoms with van der Waals surface area (Å²) in [6, 6.07) is 0. The number of nitrogens with one attached hydrogen (secondary N) is 1. The summed E-state index contributed by atoms with van der Waals surface area (Å²) < 4.78 is 6.57. The molecule has 1 saturated heterocycles. The number of unbranched alkanes of at least 4 members (excludes halogenated alkanes) is 6. The van der Waals surface area contributed by atoms with Crippen molar-refractivity contribution in [1.29, 1.82) is 0 Å². The molecule has 0 bridgehead atoms. The van der Waals surface area contributed by atoms with E-state index in [2.05, 4.69) is 33.0 Å². The Morgan fingerprint density at radius 1 is 0.957 bits per heavy atom. The normalized spacial score (nSPS) is 20.6. The van der Waals surface area contributed by atoms with Gasteiger partial charge in [0.15, 0.2) is 0 Å². The van der Waals surface area contributed by atoms with Crippen LogP contribution in [0.5, 0.6) is 0 Å². The predicted octanol–water partition coefficient (Wildman–Crippen LogP) is 6.09. The van der Waals surface area contributed by atoms with E-state index >= 15 is 0 Å². The first-order valence-electron chi connectivity index (χ1n) is 10.5. The van der Waals surface area contributed by atoms with Gasteiger partial charge in [-0.15, -0.1) is 0 Å². The molecule has 1 fully saturated rings. The van der Waals surface area contributed by atoms with E-state index in [4.69, 9.17) is 4.74 Å². The van der Waals surface area contributed by atoms with Gasteiger partial charge >= 0.3 is 0 Å². The highest BCUT2D eigenvalue weighted by Gasteiger charge is 2.32. The van der Waals surface area contributed by atoms with Crippen LogP contribution in [-0.2, 0) is 4.74 Å². The molecule has 2 nitrogen and oxygen atoms in total. The van der Waals surface area contributed by atoms with Gasteiger partial charge in [0.1, 0.15) is 0 Å². The second-order valence-electron chi connectivity index (χ2n) is 8.09. The Bertz CT molecular complexity index is 271. The molecule has 0 aromatic heterocycles. The minimum Gasteiger partial charge on any atom is -0.371 e. The summed E-state index contributed by atoms with van der Waals surface area (Å²) in [6.45, 7) is 11.5. The maximum Gasteiger partial charge on any atom is 0.0707 e. The largest absolute Gasteiger partial charge is 0.371 e. The number of hydrogen-bond acceptors (Lipinski definition) is 2. The monoisotopic (exact) mass is 325 g/mol. The third-order valence-corrected chi connectivity index (χ3v) is 5.52.